The van der Waals surface area contributed by atoms with Gasteiger partial charge in [-0.2, -0.15) is 0 Å². The van der Waals surface area contributed by atoms with Crippen LogP contribution in [0.4, 0.5) is 0 Å². The Balaban J connectivity index is 2.01. The largest absolute Gasteiger partial charge is 0.368 e. The fourth-order valence-electron chi connectivity index (χ4n) is 3.75. The second-order valence-electron chi connectivity index (χ2n) is 7.77. The molecule has 1 aromatic heterocycles. The molecule has 4 heteroatoms. The van der Waals surface area contributed by atoms with E-state index in [-0.39, 0.29) is 11.7 Å². The summed E-state index contributed by atoms with van der Waals surface area (Å²) >= 11 is 0. The van der Waals surface area contributed by atoms with Gasteiger partial charge in [0.1, 0.15) is 5.69 Å². The predicted molar refractivity (Wildman–Crippen MR) is 104 cm³/mol. The second-order valence-corrected chi connectivity index (χ2v) is 7.77. The molecule has 0 saturated heterocycles. The van der Waals surface area contributed by atoms with Gasteiger partial charge in [0.25, 0.3) is 0 Å². The summed E-state index contributed by atoms with van der Waals surface area (Å²) in [6.45, 7) is 9.23. The number of hydrogen-bond acceptors (Lipinski definition) is 3. The minimum Gasteiger partial charge on any atom is -0.368 e. The molecule has 1 unspecified atom stereocenters. The van der Waals surface area contributed by atoms with Crippen molar-refractivity contribution < 1.29 is 4.74 Å². The monoisotopic (exact) mass is 347 g/mol. The van der Waals surface area contributed by atoms with Crippen LogP contribution in [-0.2, 0) is 17.7 Å². The fraction of sp³-hybridized carbons (Fsp3) is 0.364. The Morgan fingerprint density at radius 2 is 1.73 bits per heavy atom. The molecule has 0 aliphatic heterocycles. The second kappa shape index (κ2) is 6.36. The maximum absolute atomic E-state index is 6.51. The van der Waals surface area contributed by atoms with Crippen molar-refractivity contribution in [1.29, 1.82) is 0 Å². The van der Waals surface area contributed by atoms with E-state index in [4.69, 9.17) is 4.74 Å². The van der Waals surface area contributed by atoms with Crippen molar-refractivity contribution in [1.82, 2.24) is 15.0 Å². The molecule has 26 heavy (non-hydrogen) atoms. The highest BCUT2D eigenvalue weighted by Crippen LogP contribution is 2.42. The first-order chi connectivity index (χ1) is 12.5. The number of fused-ring (bicyclic) bond motifs is 5. The molecule has 4 nitrogen and oxygen atoms in total. The molecular weight excluding hydrogens is 322 g/mol. The number of aromatic nitrogens is 3. The van der Waals surface area contributed by atoms with Gasteiger partial charge in [-0.15, -0.1) is 5.10 Å². The molecule has 2 aromatic carbocycles. The summed E-state index contributed by atoms with van der Waals surface area (Å²) in [5.74, 6) is 0. The van der Waals surface area contributed by atoms with Gasteiger partial charge in [0.15, 0.2) is 0 Å². The van der Waals surface area contributed by atoms with Gasteiger partial charge in [0, 0.05) is 24.1 Å². The van der Waals surface area contributed by atoms with E-state index in [0.29, 0.717) is 0 Å². The minimum atomic E-state index is -0.224. The Labute approximate surface area is 154 Å². The minimum absolute atomic E-state index is 0.0132. The molecular formula is C22H25N3O. The maximum Gasteiger partial charge on any atom is 0.121 e. The summed E-state index contributed by atoms with van der Waals surface area (Å²) in [7, 11) is 0. The number of benzene rings is 2. The average molecular weight is 347 g/mol. The first-order valence-electron chi connectivity index (χ1n) is 9.27. The van der Waals surface area contributed by atoms with Gasteiger partial charge in [0.05, 0.1) is 17.4 Å². The number of rotatable bonds is 2. The van der Waals surface area contributed by atoms with E-state index in [1.165, 1.54) is 11.1 Å². The van der Waals surface area contributed by atoms with Crippen LogP contribution in [0.15, 0.2) is 48.5 Å². The molecule has 0 radical (unpaired) electrons. The third-order valence-corrected chi connectivity index (χ3v) is 4.77. The van der Waals surface area contributed by atoms with Crippen molar-refractivity contribution in [2.45, 2.75) is 52.4 Å². The Morgan fingerprint density at radius 3 is 2.46 bits per heavy atom. The summed E-state index contributed by atoms with van der Waals surface area (Å²) < 4.78 is 8.50. The van der Waals surface area contributed by atoms with Crippen molar-refractivity contribution in [2.75, 3.05) is 0 Å². The van der Waals surface area contributed by atoms with Gasteiger partial charge in [-0.1, -0.05) is 53.7 Å². The molecule has 1 atom stereocenters. The van der Waals surface area contributed by atoms with E-state index in [1.807, 2.05) is 4.68 Å². The first-order valence-corrected chi connectivity index (χ1v) is 9.27. The Morgan fingerprint density at radius 1 is 1.04 bits per heavy atom. The van der Waals surface area contributed by atoms with E-state index < -0.39 is 0 Å². The Bertz CT molecular complexity index is 937. The Kier molecular flexibility index (Phi) is 4.16. The molecule has 0 bridgehead atoms. The quantitative estimate of drug-likeness (QED) is 0.652. The van der Waals surface area contributed by atoms with Crippen molar-refractivity contribution in [3.63, 3.8) is 0 Å². The van der Waals surface area contributed by atoms with Gasteiger partial charge in [-0.3, -0.25) is 0 Å². The lowest BCUT2D eigenvalue weighted by molar-refractivity contribution is -0.0611. The van der Waals surface area contributed by atoms with Crippen LogP contribution in [-0.4, -0.2) is 20.6 Å². The van der Waals surface area contributed by atoms with Crippen LogP contribution in [0.1, 0.15) is 44.9 Å². The lowest BCUT2D eigenvalue weighted by Crippen LogP contribution is -2.25. The van der Waals surface area contributed by atoms with Crippen LogP contribution < -0.4 is 0 Å². The molecule has 0 N–H and O–H groups in total. The zero-order valence-electron chi connectivity index (χ0n) is 15.9. The molecule has 134 valence electrons. The van der Waals surface area contributed by atoms with Crippen molar-refractivity contribution in [3.8, 4) is 22.5 Å². The topological polar surface area (TPSA) is 39.9 Å². The van der Waals surface area contributed by atoms with E-state index >= 15 is 0 Å². The lowest BCUT2D eigenvalue weighted by Gasteiger charge is -2.31. The number of ether oxygens (including phenoxy) is 1. The smallest absolute Gasteiger partial charge is 0.121 e. The fourth-order valence-corrected chi connectivity index (χ4v) is 3.75. The van der Waals surface area contributed by atoms with Gasteiger partial charge < -0.3 is 4.74 Å². The van der Waals surface area contributed by atoms with Crippen molar-refractivity contribution >= 4 is 0 Å². The standard InChI is InChI=1S/C22H25N3O/c1-5-25-21-18-13-9-8-12-17(18)19(26-22(2,3)4)14-15-10-6-7-11-16(15)20(21)23-24-25/h6-13,19H,5,14H2,1-4H3. The summed E-state index contributed by atoms with van der Waals surface area (Å²) in [5, 5.41) is 8.96. The first kappa shape index (κ1) is 17.0. The highest BCUT2D eigenvalue weighted by Gasteiger charge is 2.30. The average Bonchev–Trinajstić information content (AvgIpc) is 3.03. The van der Waals surface area contributed by atoms with E-state index in [0.717, 1.165) is 35.5 Å². The summed E-state index contributed by atoms with van der Waals surface area (Å²) in [6.07, 6.45) is 0.809. The van der Waals surface area contributed by atoms with E-state index in [1.54, 1.807) is 0 Å². The SMILES string of the molecule is CCn1nnc2c1-c1ccccc1C(OC(C)(C)C)Cc1ccccc1-2. The van der Waals surface area contributed by atoms with Gasteiger partial charge >= 0.3 is 0 Å². The molecule has 0 amide bonds. The van der Waals surface area contributed by atoms with Crippen LogP contribution in [0.3, 0.4) is 0 Å². The summed E-state index contributed by atoms with van der Waals surface area (Å²) in [4.78, 5) is 0. The summed E-state index contributed by atoms with van der Waals surface area (Å²) in [6, 6.07) is 17.0. The molecule has 3 aromatic rings. The number of nitrogens with zero attached hydrogens (tertiary/aromatic N) is 3. The highest BCUT2D eigenvalue weighted by atomic mass is 16.5. The van der Waals surface area contributed by atoms with Crippen molar-refractivity contribution in [2.24, 2.45) is 0 Å². The van der Waals surface area contributed by atoms with Gasteiger partial charge in [0.2, 0.25) is 0 Å². The van der Waals surface area contributed by atoms with Gasteiger partial charge in [-0.25, -0.2) is 4.68 Å². The normalized spacial score (nSPS) is 16.2. The summed E-state index contributed by atoms with van der Waals surface area (Å²) in [5.41, 5.74) is 6.59. The lowest BCUT2D eigenvalue weighted by atomic mass is 9.87. The van der Waals surface area contributed by atoms with Crippen LogP contribution in [0, 0.1) is 0 Å². The molecule has 4 rings (SSSR count). The number of aryl methyl sites for hydroxylation is 1. The molecule has 1 aliphatic carbocycles. The van der Waals surface area contributed by atoms with Gasteiger partial charge in [-0.05, 0) is 38.8 Å². The van der Waals surface area contributed by atoms with Crippen LogP contribution in [0.2, 0.25) is 0 Å². The molecule has 0 saturated carbocycles. The third kappa shape index (κ3) is 2.95. The molecule has 1 heterocycles. The Hall–Kier alpha value is -2.46. The van der Waals surface area contributed by atoms with Crippen LogP contribution in [0.5, 0.6) is 0 Å². The van der Waals surface area contributed by atoms with Crippen LogP contribution in [0.25, 0.3) is 22.5 Å². The molecule has 1 aliphatic rings. The highest BCUT2D eigenvalue weighted by molar-refractivity contribution is 5.82. The molecule has 0 fully saturated rings. The molecule has 0 spiro atoms. The number of hydrogen-bond donors (Lipinski definition) is 0. The van der Waals surface area contributed by atoms with Crippen molar-refractivity contribution in [3.05, 3.63) is 59.7 Å². The zero-order chi connectivity index (χ0) is 18.3. The maximum atomic E-state index is 6.51. The van der Waals surface area contributed by atoms with E-state index in [2.05, 4.69) is 86.5 Å². The van der Waals surface area contributed by atoms with Crippen LogP contribution >= 0.6 is 0 Å². The third-order valence-electron chi connectivity index (χ3n) is 4.77. The predicted octanol–water partition coefficient (Wildman–Crippen LogP) is 5.04. The zero-order valence-corrected chi connectivity index (χ0v) is 15.9. The van der Waals surface area contributed by atoms with E-state index in [9.17, 15) is 0 Å².